The predicted octanol–water partition coefficient (Wildman–Crippen LogP) is 1.19. The van der Waals surface area contributed by atoms with Gasteiger partial charge in [0.15, 0.2) is 0 Å². The number of hydrogen-bond donors (Lipinski definition) is 1. The Morgan fingerprint density at radius 3 is 2.65 bits per heavy atom. The van der Waals surface area contributed by atoms with E-state index in [4.69, 9.17) is 9.47 Å². The maximum atomic E-state index is 12.3. The SMILES string of the molecule is COC[C@H](C)N1C[C@H](C(=O)NCc2ccc(OC)cc2)CC1=O. The Morgan fingerprint density at radius 2 is 2.04 bits per heavy atom. The molecule has 1 saturated heterocycles. The lowest BCUT2D eigenvalue weighted by Gasteiger charge is -2.23. The van der Waals surface area contributed by atoms with Crippen molar-refractivity contribution in [3.63, 3.8) is 0 Å². The van der Waals surface area contributed by atoms with E-state index >= 15 is 0 Å². The van der Waals surface area contributed by atoms with Crippen LogP contribution < -0.4 is 10.1 Å². The van der Waals surface area contributed by atoms with Gasteiger partial charge in [-0.2, -0.15) is 0 Å². The fourth-order valence-electron chi connectivity index (χ4n) is 2.74. The van der Waals surface area contributed by atoms with Gasteiger partial charge >= 0.3 is 0 Å². The number of carbonyl (C=O) groups is 2. The highest BCUT2D eigenvalue weighted by molar-refractivity contribution is 5.89. The van der Waals surface area contributed by atoms with E-state index in [1.54, 1.807) is 19.1 Å². The second kappa shape index (κ2) is 7.97. The molecule has 0 radical (unpaired) electrons. The molecule has 1 aromatic rings. The number of methoxy groups -OCH3 is 2. The second-order valence-electron chi connectivity index (χ2n) is 5.82. The Kier molecular flexibility index (Phi) is 5.98. The quantitative estimate of drug-likeness (QED) is 0.819. The summed E-state index contributed by atoms with van der Waals surface area (Å²) in [7, 11) is 3.22. The van der Waals surface area contributed by atoms with E-state index in [1.165, 1.54) is 0 Å². The molecule has 1 heterocycles. The smallest absolute Gasteiger partial charge is 0.225 e. The molecule has 1 N–H and O–H groups in total. The lowest BCUT2D eigenvalue weighted by Crippen LogP contribution is -2.38. The third kappa shape index (κ3) is 4.45. The molecule has 0 aromatic heterocycles. The fourth-order valence-corrected chi connectivity index (χ4v) is 2.74. The van der Waals surface area contributed by atoms with Crippen LogP contribution in [0.4, 0.5) is 0 Å². The summed E-state index contributed by atoms with van der Waals surface area (Å²) in [5.74, 6) is 0.421. The van der Waals surface area contributed by atoms with E-state index in [0.717, 1.165) is 11.3 Å². The first-order valence-electron chi connectivity index (χ1n) is 7.74. The number of likely N-dealkylation sites (tertiary alicyclic amines) is 1. The first kappa shape index (κ1) is 17.3. The van der Waals surface area contributed by atoms with E-state index < -0.39 is 0 Å². The second-order valence-corrected chi connectivity index (χ2v) is 5.82. The highest BCUT2D eigenvalue weighted by Crippen LogP contribution is 2.21. The third-order valence-corrected chi connectivity index (χ3v) is 4.09. The minimum Gasteiger partial charge on any atom is -0.497 e. The lowest BCUT2D eigenvalue weighted by atomic mass is 10.1. The van der Waals surface area contributed by atoms with E-state index in [-0.39, 0.29) is 30.2 Å². The number of hydrogen-bond acceptors (Lipinski definition) is 4. The number of carbonyl (C=O) groups excluding carboxylic acids is 2. The van der Waals surface area contributed by atoms with Crippen molar-refractivity contribution in [2.75, 3.05) is 27.4 Å². The van der Waals surface area contributed by atoms with Crippen molar-refractivity contribution < 1.29 is 19.1 Å². The third-order valence-electron chi connectivity index (χ3n) is 4.09. The van der Waals surface area contributed by atoms with Crippen LogP contribution in [0.2, 0.25) is 0 Å². The van der Waals surface area contributed by atoms with Crippen LogP contribution in [-0.4, -0.2) is 50.1 Å². The Labute approximate surface area is 136 Å². The highest BCUT2D eigenvalue weighted by atomic mass is 16.5. The van der Waals surface area contributed by atoms with Crippen molar-refractivity contribution in [2.45, 2.75) is 25.9 Å². The van der Waals surface area contributed by atoms with Crippen LogP contribution >= 0.6 is 0 Å². The van der Waals surface area contributed by atoms with Gasteiger partial charge in [-0.3, -0.25) is 9.59 Å². The maximum absolute atomic E-state index is 12.3. The van der Waals surface area contributed by atoms with Gasteiger partial charge in [0.05, 0.1) is 25.7 Å². The number of amides is 2. The van der Waals surface area contributed by atoms with Crippen LogP contribution in [0, 0.1) is 5.92 Å². The molecule has 1 aromatic carbocycles. The summed E-state index contributed by atoms with van der Waals surface area (Å²) in [5, 5.41) is 2.90. The molecule has 0 unspecified atom stereocenters. The molecule has 2 rings (SSSR count). The monoisotopic (exact) mass is 320 g/mol. The van der Waals surface area contributed by atoms with Gasteiger partial charge in [-0.15, -0.1) is 0 Å². The van der Waals surface area contributed by atoms with Gasteiger partial charge in [-0.1, -0.05) is 12.1 Å². The van der Waals surface area contributed by atoms with Gasteiger partial charge < -0.3 is 19.7 Å². The molecule has 1 aliphatic rings. The fraction of sp³-hybridized carbons (Fsp3) is 0.529. The van der Waals surface area contributed by atoms with Crippen molar-refractivity contribution >= 4 is 11.8 Å². The summed E-state index contributed by atoms with van der Waals surface area (Å²) in [6, 6.07) is 7.52. The van der Waals surface area contributed by atoms with Crippen LogP contribution in [0.15, 0.2) is 24.3 Å². The van der Waals surface area contributed by atoms with Gasteiger partial charge in [0.25, 0.3) is 0 Å². The van der Waals surface area contributed by atoms with Gasteiger partial charge in [0.1, 0.15) is 5.75 Å². The van der Waals surface area contributed by atoms with E-state index in [0.29, 0.717) is 19.7 Å². The number of benzene rings is 1. The first-order chi connectivity index (χ1) is 11.0. The minimum absolute atomic E-state index is 0.00751. The standard InChI is InChI=1S/C17H24N2O4/c1-12(11-22-2)19-10-14(8-16(19)20)17(21)18-9-13-4-6-15(23-3)7-5-13/h4-7,12,14H,8-11H2,1-3H3,(H,18,21)/t12-,14+/m0/s1. The van der Waals surface area contributed by atoms with Gasteiger partial charge in [0, 0.05) is 26.6 Å². The molecule has 0 saturated carbocycles. The Hall–Kier alpha value is -2.08. The normalized spacial score (nSPS) is 18.8. The zero-order chi connectivity index (χ0) is 16.8. The average Bonchev–Trinajstić information content (AvgIpc) is 2.95. The maximum Gasteiger partial charge on any atom is 0.225 e. The van der Waals surface area contributed by atoms with Crippen LogP contribution in [0.5, 0.6) is 5.75 Å². The zero-order valence-electron chi connectivity index (χ0n) is 13.9. The topological polar surface area (TPSA) is 67.9 Å². The summed E-state index contributed by atoms with van der Waals surface area (Å²) in [4.78, 5) is 26.0. The van der Waals surface area contributed by atoms with Crippen molar-refractivity contribution in [2.24, 2.45) is 5.92 Å². The first-order valence-corrected chi connectivity index (χ1v) is 7.74. The van der Waals surface area contributed by atoms with Gasteiger partial charge in [0.2, 0.25) is 11.8 Å². The molecule has 0 bridgehead atoms. The lowest BCUT2D eigenvalue weighted by molar-refractivity contribution is -0.130. The number of ether oxygens (including phenoxy) is 2. The Morgan fingerprint density at radius 1 is 1.35 bits per heavy atom. The van der Waals surface area contributed by atoms with E-state index in [2.05, 4.69) is 5.32 Å². The Bertz CT molecular complexity index is 544. The molecule has 0 aliphatic carbocycles. The number of nitrogens with zero attached hydrogens (tertiary/aromatic N) is 1. The Balaban J connectivity index is 1.85. The van der Waals surface area contributed by atoms with Gasteiger partial charge in [-0.25, -0.2) is 0 Å². The number of nitrogens with one attached hydrogen (secondary N) is 1. The van der Waals surface area contributed by atoms with Crippen LogP contribution in [0.25, 0.3) is 0 Å². The molecule has 6 heteroatoms. The highest BCUT2D eigenvalue weighted by Gasteiger charge is 2.36. The molecule has 23 heavy (non-hydrogen) atoms. The molecule has 6 nitrogen and oxygen atoms in total. The number of rotatable bonds is 7. The molecule has 0 spiro atoms. The molecule has 1 fully saturated rings. The van der Waals surface area contributed by atoms with Crippen molar-refractivity contribution in [1.29, 1.82) is 0 Å². The van der Waals surface area contributed by atoms with E-state index in [1.807, 2.05) is 31.2 Å². The summed E-state index contributed by atoms with van der Waals surface area (Å²) >= 11 is 0. The molecule has 126 valence electrons. The minimum atomic E-state index is -0.292. The average molecular weight is 320 g/mol. The molecular formula is C17H24N2O4. The predicted molar refractivity (Wildman–Crippen MR) is 86.0 cm³/mol. The van der Waals surface area contributed by atoms with Gasteiger partial charge in [-0.05, 0) is 24.6 Å². The van der Waals surface area contributed by atoms with Crippen LogP contribution in [0.1, 0.15) is 18.9 Å². The van der Waals surface area contributed by atoms with Crippen LogP contribution in [-0.2, 0) is 20.9 Å². The van der Waals surface area contributed by atoms with Crippen LogP contribution in [0.3, 0.4) is 0 Å². The summed E-state index contributed by atoms with van der Waals surface area (Å²) in [5.41, 5.74) is 0.994. The zero-order valence-corrected chi connectivity index (χ0v) is 13.9. The van der Waals surface area contributed by atoms with E-state index in [9.17, 15) is 9.59 Å². The molecular weight excluding hydrogens is 296 g/mol. The molecule has 2 atom stereocenters. The summed E-state index contributed by atoms with van der Waals surface area (Å²) < 4.78 is 10.2. The van der Waals surface area contributed by atoms with Crippen molar-refractivity contribution in [3.05, 3.63) is 29.8 Å². The largest absolute Gasteiger partial charge is 0.497 e. The van der Waals surface area contributed by atoms with Crippen molar-refractivity contribution in [1.82, 2.24) is 10.2 Å². The van der Waals surface area contributed by atoms with Crippen molar-refractivity contribution in [3.8, 4) is 5.75 Å². The summed E-state index contributed by atoms with van der Waals surface area (Å²) in [6.45, 7) is 3.31. The summed E-state index contributed by atoms with van der Waals surface area (Å²) in [6.07, 6.45) is 0.266. The molecule has 2 amide bonds. The molecule has 1 aliphatic heterocycles.